The van der Waals surface area contributed by atoms with Gasteiger partial charge >= 0.3 is 11.9 Å². The van der Waals surface area contributed by atoms with Crippen molar-refractivity contribution in [3.05, 3.63) is 42.1 Å². The highest BCUT2D eigenvalue weighted by Gasteiger charge is 2.59. The van der Waals surface area contributed by atoms with Crippen molar-refractivity contribution in [1.82, 2.24) is 0 Å². The van der Waals surface area contributed by atoms with Crippen molar-refractivity contribution in [2.45, 2.75) is 52.6 Å². The van der Waals surface area contributed by atoms with Crippen molar-refractivity contribution >= 4 is 23.4 Å². The van der Waals surface area contributed by atoms with Crippen molar-refractivity contribution in [3.8, 4) is 0 Å². The first kappa shape index (κ1) is 21.0. The van der Waals surface area contributed by atoms with Crippen LogP contribution in [0, 0.1) is 18.8 Å². The SMILES string of the molecule is CC(=O)OCC1O[C@]2(C)[C@H](C(C)=O)[C@@H](C=CN2c2ccc(C)cc2)[C@@H]1OC(C)=O. The first-order chi connectivity index (χ1) is 13.6. The van der Waals surface area contributed by atoms with Crippen LogP contribution in [-0.4, -0.2) is 42.3 Å². The molecular weight excluding hydrogens is 374 g/mol. The lowest BCUT2D eigenvalue weighted by molar-refractivity contribution is -0.234. The first-order valence-corrected chi connectivity index (χ1v) is 9.66. The van der Waals surface area contributed by atoms with E-state index in [4.69, 9.17) is 14.2 Å². The minimum atomic E-state index is -1.03. The molecule has 7 heteroatoms. The smallest absolute Gasteiger partial charge is 0.303 e. The van der Waals surface area contributed by atoms with E-state index in [2.05, 4.69) is 0 Å². The average Bonchev–Trinajstić information content (AvgIpc) is 2.62. The molecule has 1 aromatic carbocycles. The van der Waals surface area contributed by atoms with E-state index in [1.807, 2.05) is 55.3 Å². The molecule has 0 saturated carbocycles. The molecule has 0 aromatic heterocycles. The number of esters is 2. The van der Waals surface area contributed by atoms with Gasteiger partial charge in [-0.2, -0.15) is 0 Å². The Labute approximate surface area is 170 Å². The first-order valence-electron chi connectivity index (χ1n) is 9.66. The summed E-state index contributed by atoms with van der Waals surface area (Å²) in [4.78, 5) is 37.7. The summed E-state index contributed by atoms with van der Waals surface area (Å²) >= 11 is 0. The largest absolute Gasteiger partial charge is 0.463 e. The van der Waals surface area contributed by atoms with Gasteiger partial charge in [0.25, 0.3) is 0 Å². The number of rotatable bonds is 5. The molecule has 1 saturated heterocycles. The van der Waals surface area contributed by atoms with Crippen LogP contribution < -0.4 is 4.90 Å². The summed E-state index contributed by atoms with van der Waals surface area (Å²) in [5, 5.41) is 0. The molecule has 2 heterocycles. The highest BCUT2D eigenvalue weighted by molar-refractivity contribution is 5.82. The molecule has 1 fully saturated rings. The third-order valence-corrected chi connectivity index (χ3v) is 5.54. The van der Waals surface area contributed by atoms with Crippen LogP contribution in [0.2, 0.25) is 0 Å². The Morgan fingerprint density at radius 3 is 2.31 bits per heavy atom. The highest BCUT2D eigenvalue weighted by Crippen LogP contribution is 2.47. The van der Waals surface area contributed by atoms with Gasteiger partial charge in [-0.1, -0.05) is 23.8 Å². The van der Waals surface area contributed by atoms with E-state index in [1.54, 1.807) is 0 Å². The quantitative estimate of drug-likeness (QED) is 0.702. The third-order valence-electron chi connectivity index (χ3n) is 5.54. The van der Waals surface area contributed by atoms with E-state index in [-0.39, 0.29) is 12.4 Å². The normalized spacial score (nSPS) is 30.6. The summed E-state index contributed by atoms with van der Waals surface area (Å²) < 4.78 is 17.1. The van der Waals surface area contributed by atoms with E-state index in [0.29, 0.717) is 0 Å². The van der Waals surface area contributed by atoms with Gasteiger partial charge in [0, 0.05) is 31.7 Å². The zero-order valence-corrected chi connectivity index (χ0v) is 17.4. The number of ketones is 1. The van der Waals surface area contributed by atoms with Gasteiger partial charge in [-0.05, 0) is 32.9 Å². The second kappa shape index (κ2) is 7.99. The van der Waals surface area contributed by atoms with Crippen molar-refractivity contribution in [1.29, 1.82) is 0 Å². The maximum atomic E-state index is 12.7. The van der Waals surface area contributed by atoms with Crippen LogP contribution in [0.25, 0.3) is 0 Å². The van der Waals surface area contributed by atoms with E-state index in [9.17, 15) is 14.4 Å². The van der Waals surface area contributed by atoms with Gasteiger partial charge < -0.3 is 19.1 Å². The molecule has 0 aliphatic carbocycles. The fourth-order valence-electron chi connectivity index (χ4n) is 4.37. The Morgan fingerprint density at radius 2 is 1.76 bits per heavy atom. The third kappa shape index (κ3) is 4.05. The summed E-state index contributed by atoms with van der Waals surface area (Å²) in [6.45, 7) is 7.91. The fourth-order valence-corrected chi connectivity index (χ4v) is 4.37. The van der Waals surface area contributed by atoms with Gasteiger partial charge in [0.15, 0.2) is 5.72 Å². The molecule has 0 radical (unpaired) electrons. The minimum absolute atomic E-state index is 0.0675. The van der Waals surface area contributed by atoms with E-state index >= 15 is 0 Å². The maximum absolute atomic E-state index is 12.7. The molecule has 2 aliphatic rings. The van der Waals surface area contributed by atoms with Crippen LogP contribution >= 0.6 is 0 Å². The molecule has 2 aliphatic heterocycles. The van der Waals surface area contributed by atoms with E-state index in [0.717, 1.165) is 11.3 Å². The van der Waals surface area contributed by atoms with Crippen molar-refractivity contribution in [2.24, 2.45) is 11.8 Å². The second-order valence-electron chi connectivity index (χ2n) is 7.80. The maximum Gasteiger partial charge on any atom is 0.303 e. The topological polar surface area (TPSA) is 82.1 Å². The number of anilines is 1. The summed E-state index contributed by atoms with van der Waals surface area (Å²) in [6.07, 6.45) is 2.31. The van der Waals surface area contributed by atoms with E-state index < -0.39 is 41.7 Å². The predicted molar refractivity (Wildman–Crippen MR) is 106 cm³/mol. The standard InChI is InChI=1S/C22H27NO6/c1-13-6-8-17(9-7-13)23-11-10-18-20(14(2)24)22(23,5)29-19(12-27-15(3)25)21(18)28-16(4)26/h6-11,18-21H,12H2,1-5H3/t18-,19?,20-,21+,22-/m1/s1. The minimum Gasteiger partial charge on any atom is -0.463 e. The van der Waals surface area contributed by atoms with Crippen molar-refractivity contribution < 1.29 is 28.6 Å². The lowest BCUT2D eigenvalue weighted by atomic mass is 9.71. The van der Waals surface area contributed by atoms with Gasteiger partial charge in [0.05, 0.1) is 5.92 Å². The number of carbonyl (C=O) groups excluding carboxylic acids is 3. The zero-order chi connectivity index (χ0) is 21.3. The molecule has 0 amide bonds. The van der Waals surface area contributed by atoms with Crippen LogP contribution in [0.4, 0.5) is 5.69 Å². The Morgan fingerprint density at radius 1 is 1.10 bits per heavy atom. The van der Waals surface area contributed by atoms with Gasteiger partial charge in [-0.3, -0.25) is 14.4 Å². The van der Waals surface area contributed by atoms with Crippen LogP contribution in [0.1, 0.15) is 33.3 Å². The Bertz CT molecular complexity index is 832. The number of ether oxygens (including phenoxy) is 3. The lowest BCUT2D eigenvalue weighted by Crippen LogP contribution is -2.68. The van der Waals surface area contributed by atoms with Crippen molar-refractivity contribution in [3.63, 3.8) is 0 Å². The van der Waals surface area contributed by atoms with Crippen LogP contribution in [0.15, 0.2) is 36.5 Å². The molecule has 2 bridgehead atoms. The molecule has 156 valence electrons. The Balaban J connectivity index is 2.06. The molecule has 0 spiro atoms. The predicted octanol–water partition coefficient (Wildman–Crippen LogP) is 2.76. The average molecular weight is 401 g/mol. The number of Topliss-reactive ketones (excluding diaryl/α,β-unsaturated/α-hetero) is 1. The monoisotopic (exact) mass is 401 g/mol. The Hall–Kier alpha value is -2.67. The summed E-state index contributed by atoms with van der Waals surface area (Å²) in [7, 11) is 0. The van der Waals surface area contributed by atoms with Crippen LogP contribution in [0.5, 0.6) is 0 Å². The molecule has 29 heavy (non-hydrogen) atoms. The molecular formula is C22H27NO6. The van der Waals surface area contributed by atoms with Gasteiger partial charge in [0.1, 0.15) is 24.6 Å². The van der Waals surface area contributed by atoms with Gasteiger partial charge in [0.2, 0.25) is 0 Å². The molecule has 1 unspecified atom stereocenters. The molecule has 5 atom stereocenters. The lowest BCUT2D eigenvalue weighted by Gasteiger charge is -2.56. The number of carbonyl (C=O) groups is 3. The summed E-state index contributed by atoms with van der Waals surface area (Å²) in [5.41, 5.74) is 0.964. The number of nitrogens with zero attached hydrogens (tertiary/aromatic N) is 1. The van der Waals surface area contributed by atoms with Gasteiger partial charge in [-0.25, -0.2) is 0 Å². The van der Waals surface area contributed by atoms with Crippen LogP contribution in [-0.2, 0) is 28.6 Å². The zero-order valence-electron chi connectivity index (χ0n) is 17.4. The molecule has 0 N–H and O–H groups in total. The second-order valence-corrected chi connectivity index (χ2v) is 7.80. The molecule has 1 aromatic rings. The highest BCUT2D eigenvalue weighted by atomic mass is 16.6. The summed E-state index contributed by atoms with van der Waals surface area (Å²) in [6, 6.07) is 7.90. The van der Waals surface area contributed by atoms with E-state index in [1.165, 1.54) is 20.8 Å². The summed E-state index contributed by atoms with van der Waals surface area (Å²) in [5.74, 6) is -1.96. The fraction of sp³-hybridized carbons (Fsp3) is 0.500. The number of benzene rings is 1. The molecule has 3 rings (SSSR count). The molecule has 7 nitrogen and oxygen atoms in total. The number of hydrogen-bond donors (Lipinski definition) is 0. The number of hydrogen-bond acceptors (Lipinski definition) is 7. The number of aryl methyl sites for hydroxylation is 1. The number of fused-ring (bicyclic) bond motifs is 2. The van der Waals surface area contributed by atoms with Gasteiger partial charge in [-0.15, -0.1) is 0 Å². The van der Waals surface area contributed by atoms with Crippen molar-refractivity contribution in [2.75, 3.05) is 11.5 Å². The van der Waals surface area contributed by atoms with Crippen LogP contribution in [0.3, 0.4) is 0 Å². The Kier molecular flexibility index (Phi) is 5.80.